The van der Waals surface area contributed by atoms with Crippen LogP contribution < -0.4 is 5.48 Å². The Bertz CT molecular complexity index is 337. The highest BCUT2D eigenvalue weighted by Gasteiger charge is 2.14. The molecular formula is C12H15NO3. The Morgan fingerprint density at radius 3 is 2.75 bits per heavy atom. The first kappa shape index (κ1) is 12.4. The lowest BCUT2D eigenvalue weighted by molar-refractivity contribution is -0.146. The van der Waals surface area contributed by atoms with E-state index in [4.69, 9.17) is 4.84 Å². The average molecular weight is 221 g/mol. The number of ether oxygens (including phenoxy) is 1. The summed E-state index contributed by atoms with van der Waals surface area (Å²) in [6, 6.07) is 8.99. The largest absolute Gasteiger partial charge is 0.468 e. The quantitative estimate of drug-likeness (QED) is 0.448. The van der Waals surface area contributed by atoms with Crippen LogP contribution >= 0.6 is 0 Å². The van der Waals surface area contributed by atoms with Crippen molar-refractivity contribution in [3.8, 4) is 0 Å². The molecular weight excluding hydrogens is 206 g/mol. The fraction of sp³-hybridized carbons (Fsp3) is 0.250. The molecule has 1 rings (SSSR count). The van der Waals surface area contributed by atoms with Gasteiger partial charge in [0.2, 0.25) is 0 Å². The number of nitrogens with one attached hydrogen (secondary N) is 1. The Morgan fingerprint density at radius 2 is 2.19 bits per heavy atom. The lowest BCUT2D eigenvalue weighted by atomic mass is 10.2. The SMILES string of the molecule is C=CC(NOCc1ccccc1)C(=O)OC. The third kappa shape index (κ3) is 3.84. The number of methoxy groups -OCH3 is 1. The molecule has 0 aliphatic heterocycles. The molecule has 4 nitrogen and oxygen atoms in total. The molecule has 0 radical (unpaired) electrons. The van der Waals surface area contributed by atoms with Crippen molar-refractivity contribution < 1.29 is 14.4 Å². The van der Waals surface area contributed by atoms with Crippen LogP contribution in [-0.4, -0.2) is 19.1 Å². The summed E-state index contributed by atoms with van der Waals surface area (Å²) < 4.78 is 4.55. The van der Waals surface area contributed by atoms with Crippen LogP contribution in [-0.2, 0) is 21.0 Å². The van der Waals surface area contributed by atoms with Gasteiger partial charge in [-0.05, 0) is 5.56 Å². The van der Waals surface area contributed by atoms with E-state index in [1.54, 1.807) is 0 Å². The van der Waals surface area contributed by atoms with Gasteiger partial charge in [0.15, 0.2) is 0 Å². The molecule has 1 aromatic rings. The predicted octanol–water partition coefficient (Wildman–Crippen LogP) is 1.44. The standard InChI is InChI=1S/C12H15NO3/c1-3-11(12(14)15-2)13-16-9-10-7-5-4-6-8-10/h3-8,11,13H,1,9H2,2H3. The maximum Gasteiger partial charge on any atom is 0.329 e. The van der Waals surface area contributed by atoms with Gasteiger partial charge in [-0.1, -0.05) is 36.4 Å². The first-order valence-corrected chi connectivity index (χ1v) is 4.89. The molecule has 0 spiro atoms. The number of carbonyl (C=O) groups excluding carboxylic acids is 1. The van der Waals surface area contributed by atoms with Gasteiger partial charge in [-0.15, -0.1) is 6.58 Å². The van der Waals surface area contributed by atoms with Crippen molar-refractivity contribution in [1.29, 1.82) is 0 Å². The van der Waals surface area contributed by atoms with Gasteiger partial charge in [-0.2, -0.15) is 5.48 Å². The van der Waals surface area contributed by atoms with Crippen LogP contribution in [0.4, 0.5) is 0 Å². The van der Waals surface area contributed by atoms with Crippen LogP contribution in [0.2, 0.25) is 0 Å². The van der Waals surface area contributed by atoms with E-state index in [9.17, 15) is 4.79 Å². The topological polar surface area (TPSA) is 47.6 Å². The molecule has 1 atom stereocenters. The lowest BCUT2D eigenvalue weighted by Gasteiger charge is -2.12. The van der Waals surface area contributed by atoms with E-state index in [0.717, 1.165) is 5.56 Å². The minimum atomic E-state index is -0.645. The number of hydrogen-bond acceptors (Lipinski definition) is 4. The summed E-state index contributed by atoms with van der Waals surface area (Å²) in [5.41, 5.74) is 3.59. The molecule has 4 heteroatoms. The first-order valence-electron chi connectivity index (χ1n) is 4.89. The molecule has 0 fully saturated rings. The molecule has 1 unspecified atom stereocenters. The molecule has 16 heavy (non-hydrogen) atoms. The van der Waals surface area contributed by atoms with Crippen LogP contribution in [0.1, 0.15) is 5.56 Å². The van der Waals surface area contributed by atoms with Crippen LogP contribution in [0, 0.1) is 0 Å². The average Bonchev–Trinajstić information content (AvgIpc) is 2.35. The summed E-state index contributed by atoms with van der Waals surface area (Å²) >= 11 is 0. The summed E-state index contributed by atoms with van der Waals surface area (Å²) in [7, 11) is 1.32. The number of esters is 1. The molecule has 0 aliphatic carbocycles. The van der Waals surface area contributed by atoms with Gasteiger partial charge >= 0.3 is 5.97 Å². The van der Waals surface area contributed by atoms with Crippen molar-refractivity contribution in [2.24, 2.45) is 0 Å². The van der Waals surface area contributed by atoms with Crippen molar-refractivity contribution in [2.75, 3.05) is 7.11 Å². The monoisotopic (exact) mass is 221 g/mol. The molecule has 0 saturated heterocycles. The maximum absolute atomic E-state index is 11.1. The molecule has 0 aromatic heterocycles. The predicted molar refractivity (Wildman–Crippen MR) is 60.4 cm³/mol. The zero-order valence-corrected chi connectivity index (χ0v) is 9.18. The highest BCUT2D eigenvalue weighted by Crippen LogP contribution is 2.00. The van der Waals surface area contributed by atoms with E-state index >= 15 is 0 Å². The van der Waals surface area contributed by atoms with Crippen LogP contribution in [0.15, 0.2) is 43.0 Å². The van der Waals surface area contributed by atoms with Crippen molar-refractivity contribution >= 4 is 5.97 Å². The first-order chi connectivity index (χ1) is 7.77. The van der Waals surface area contributed by atoms with Gasteiger partial charge in [0.25, 0.3) is 0 Å². The van der Waals surface area contributed by atoms with Gasteiger partial charge in [-0.25, -0.2) is 4.79 Å². The van der Waals surface area contributed by atoms with E-state index in [-0.39, 0.29) is 0 Å². The summed E-state index contributed by atoms with van der Waals surface area (Å²) in [5.74, 6) is -0.428. The second-order valence-corrected chi connectivity index (χ2v) is 3.13. The van der Waals surface area contributed by atoms with E-state index in [0.29, 0.717) is 6.61 Å². The van der Waals surface area contributed by atoms with Crippen molar-refractivity contribution in [1.82, 2.24) is 5.48 Å². The third-order valence-corrected chi connectivity index (χ3v) is 1.98. The summed E-state index contributed by atoms with van der Waals surface area (Å²) in [5, 5.41) is 0. The number of benzene rings is 1. The minimum absolute atomic E-state index is 0.377. The second-order valence-electron chi connectivity index (χ2n) is 3.13. The molecule has 0 aliphatic rings. The van der Waals surface area contributed by atoms with Crippen molar-refractivity contribution in [3.63, 3.8) is 0 Å². The smallest absolute Gasteiger partial charge is 0.329 e. The zero-order chi connectivity index (χ0) is 11.8. The third-order valence-electron chi connectivity index (χ3n) is 1.98. The summed E-state index contributed by atoms with van der Waals surface area (Å²) in [6.45, 7) is 3.89. The van der Waals surface area contributed by atoms with Crippen LogP contribution in [0.25, 0.3) is 0 Å². The molecule has 86 valence electrons. The van der Waals surface area contributed by atoms with E-state index < -0.39 is 12.0 Å². The van der Waals surface area contributed by atoms with Crippen LogP contribution in [0.3, 0.4) is 0 Å². The van der Waals surface area contributed by atoms with Crippen LogP contribution in [0.5, 0.6) is 0 Å². The minimum Gasteiger partial charge on any atom is -0.468 e. The van der Waals surface area contributed by atoms with Gasteiger partial charge in [0.1, 0.15) is 6.04 Å². The highest BCUT2D eigenvalue weighted by atomic mass is 16.6. The summed E-state index contributed by atoms with van der Waals surface area (Å²) in [4.78, 5) is 16.3. The van der Waals surface area contributed by atoms with E-state index in [1.165, 1.54) is 13.2 Å². The molecule has 1 N–H and O–H groups in total. The zero-order valence-electron chi connectivity index (χ0n) is 9.18. The Morgan fingerprint density at radius 1 is 1.50 bits per heavy atom. The van der Waals surface area contributed by atoms with Crippen molar-refractivity contribution in [2.45, 2.75) is 12.6 Å². The molecule has 0 saturated carbocycles. The normalized spacial score (nSPS) is 11.8. The number of carbonyl (C=O) groups is 1. The summed E-state index contributed by atoms with van der Waals surface area (Å²) in [6.07, 6.45) is 1.43. The van der Waals surface area contributed by atoms with Gasteiger partial charge < -0.3 is 4.74 Å². The van der Waals surface area contributed by atoms with Gasteiger partial charge in [0, 0.05) is 0 Å². The Labute approximate surface area is 94.8 Å². The highest BCUT2D eigenvalue weighted by molar-refractivity contribution is 5.77. The molecule has 1 aromatic carbocycles. The fourth-order valence-electron chi connectivity index (χ4n) is 1.11. The lowest BCUT2D eigenvalue weighted by Crippen LogP contribution is -2.35. The molecule has 0 amide bonds. The molecule has 0 bridgehead atoms. The Balaban J connectivity index is 2.34. The van der Waals surface area contributed by atoms with Gasteiger partial charge in [0.05, 0.1) is 13.7 Å². The fourth-order valence-corrected chi connectivity index (χ4v) is 1.11. The Kier molecular flexibility index (Phi) is 5.25. The number of hydrogen-bond donors (Lipinski definition) is 1. The van der Waals surface area contributed by atoms with Gasteiger partial charge in [-0.3, -0.25) is 4.84 Å². The molecule has 0 heterocycles. The second kappa shape index (κ2) is 6.76. The maximum atomic E-state index is 11.1. The Hall–Kier alpha value is -1.65. The number of rotatable bonds is 6. The van der Waals surface area contributed by atoms with Crippen molar-refractivity contribution in [3.05, 3.63) is 48.6 Å². The number of hydroxylamine groups is 1. The van der Waals surface area contributed by atoms with E-state index in [1.807, 2.05) is 30.3 Å². The van der Waals surface area contributed by atoms with E-state index in [2.05, 4.69) is 16.8 Å².